The number of likely N-dealkylation sites (tertiary alicyclic amines) is 1. The number of nitrogens with zero attached hydrogens (tertiary/aromatic N) is 4. The zero-order valence-electron chi connectivity index (χ0n) is 19.0. The molecule has 0 unspecified atom stereocenters. The van der Waals surface area contributed by atoms with Crippen molar-refractivity contribution in [3.05, 3.63) is 52.4 Å². The van der Waals surface area contributed by atoms with Crippen LogP contribution in [0.3, 0.4) is 0 Å². The van der Waals surface area contributed by atoms with Gasteiger partial charge < -0.3 is 25.6 Å². The Balaban J connectivity index is 1.56. The van der Waals surface area contributed by atoms with Crippen molar-refractivity contribution in [2.75, 3.05) is 25.0 Å². The van der Waals surface area contributed by atoms with Crippen molar-refractivity contribution >= 4 is 51.9 Å². The van der Waals surface area contributed by atoms with Crippen molar-refractivity contribution in [3.8, 4) is 6.07 Å². The van der Waals surface area contributed by atoms with Gasteiger partial charge in [-0.15, -0.1) is 0 Å². The highest BCUT2D eigenvalue weighted by Gasteiger charge is 2.33. The molecule has 0 radical (unpaired) electrons. The summed E-state index contributed by atoms with van der Waals surface area (Å²) >= 11 is 6.04. The number of halogens is 1. The summed E-state index contributed by atoms with van der Waals surface area (Å²) in [7, 11) is 0. The first-order valence-corrected chi connectivity index (χ1v) is 11.2. The number of carboxylic acids is 1. The van der Waals surface area contributed by atoms with Crippen LogP contribution in [0.1, 0.15) is 28.5 Å². The molecule has 13 heteroatoms. The van der Waals surface area contributed by atoms with Gasteiger partial charge >= 0.3 is 5.97 Å². The zero-order chi connectivity index (χ0) is 26.0. The molecule has 5 N–H and O–H groups in total. The lowest BCUT2D eigenvalue weighted by Gasteiger charge is -2.37. The largest absolute Gasteiger partial charge is 0.480 e. The van der Waals surface area contributed by atoms with Crippen LogP contribution in [0.25, 0.3) is 11.2 Å². The van der Waals surface area contributed by atoms with E-state index < -0.39 is 17.9 Å². The molecular weight excluding hydrogens is 488 g/mol. The highest BCUT2D eigenvalue weighted by Crippen LogP contribution is 2.24. The Morgan fingerprint density at radius 1 is 1.36 bits per heavy atom. The fraction of sp³-hybridized carbons (Fsp3) is 0.261. The average molecular weight is 509 g/mol. The lowest BCUT2D eigenvalue weighted by Crippen LogP contribution is -2.55. The number of aromatic amines is 1. The zero-order valence-corrected chi connectivity index (χ0v) is 19.8. The van der Waals surface area contributed by atoms with Crippen LogP contribution in [0, 0.1) is 22.7 Å². The molecule has 0 spiro atoms. The van der Waals surface area contributed by atoms with E-state index in [1.807, 2.05) is 0 Å². The predicted octanol–water partition coefficient (Wildman–Crippen LogP) is 1.62. The summed E-state index contributed by atoms with van der Waals surface area (Å²) < 4.78 is 0. The number of rotatable bonds is 8. The number of aliphatic carboxylic acids is 1. The summed E-state index contributed by atoms with van der Waals surface area (Å²) in [6, 6.07) is 5.92. The van der Waals surface area contributed by atoms with Crippen molar-refractivity contribution in [2.24, 2.45) is 5.92 Å². The number of carbonyl (C=O) groups excluding carboxylic acids is 2. The number of benzene rings is 1. The van der Waals surface area contributed by atoms with Crippen molar-refractivity contribution in [1.29, 1.82) is 10.7 Å². The molecule has 0 saturated carbocycles. The van der Waals surface area contributed by atoms with E-state index in [-0.39, 0.29) is 40.9 Å². The van der Waals surface area contributed by atoms with Gasteiger partial charge in [0.15, 0.2) is 5.65 Å². The quantitative estimate of drug-likeness (QED) is 0.284. The number of fused-ring (bicyclic) bond motifs is 1. The van der Waals surface area contributed by atoms with Gasteiger partial charge in [-0.3, -0.25) is 19.8 Å². The number of hydrogen-bond acceptors (Lipinski definition) is 8. The molecule has 2 aromatic heterocycles. The molecule has 4 rings (SSSR count). The number of hydrogen-bond donors (Lipinski definition) is 5. The van der Waals surface area contributed by atoms with Crippen LogP contribution in [-0.4, -0.2) is 74.1 Å². The van der Waals surface area contributed by atoms with Crippen LogP contribution in [0.5, 0.6) is 0 Å². The van der Waals surface area contributed by atoms with Crippen LogP contribution < -0.4 is 10.6 Å². The number of nitrogens with one attached hydrogen (secondary N) is 4. The van der Waals surface area contributed by atoms with Crippen LogP contribution >= 0.6 is 11.6 Å². The smallest absolute Gasteiger partial charge is 0.322 e. The van der Waals surface area contributed by atoms with Gasteiger partial charge in [-0.25, -0.2) is 9.97 Å². The van der Waals surface area contributed by atoms with Gasteiger partial charge in [0.1, 0.15) is 23.8 Å². The first-order chi connectivity index (χ1) is 17.2. The number of carboxylic acid groups (broad SMARTS) is 1. The van der Waals surface area contributed by atoms with E-state index >= 15 is 0 Å². The minimum Gasteiger partial charge on any atom is -0.480 e. The Hall–Kier alpha value is -4.50. The Morgan fingerprint density at radius 2 is 2.11 bits per heavy atom. The lowest BCUT2D eigenvalue weighted by molar-refractivity contribution is -0.138. The third-order valence-corrected chi connectivity index (χ3v) is 5.89. The van der Waals surface area contributed by atoms with Crippen LogP contribution in [0.4, 0.5) is 5.69 Å². The molecule has 1 atom stereocenters. The Bertz CT molecular complexity index is 1420. The highest BCUT2D eigenvalue weighted by molar-refractivity contribution is 6.31. The van der Waals surface area contributed by atoms with E-state index in [1.165, 1.54) is 23.4 Å². The monoisotopic (exact) mass is 508 g/mol. The van der Waals surface area contributed by atoms with Crippen molar-refractivity contribution < 1.29 is 19.5 Å². The van der Waals surface area contributed by atoms with Crippen molar-refractivity contribution in [2.45, 2.75) is 13.0 Å². The number of carbonyl (C=O) groups is 3. The van der Waals surface area contributed by atoms with Gasteiger partial charge in [0.05, 0.1) is 29.5 Å². The van der Waals surface area contributed by atoms with Crippen molar-refractivity contribution in [1.82, 2.24) is 25.2 Å². The summed E-state index contributed by atoms with van der Waals surface area (Å²) in [5, 5.41) is 32.2. The predicted molar refractivity (Wildman–Crippen MR) is 130 cm³/mol. The van der Waals surface area contributed by atoms with Gasteiger partial charge in [-0.05, 0) is 25.1 Å². The summed E-state index contributed by atoms with van der Waals surface area (Å²) in [5.74, 6) is -2.10. The minimum absolute atomic E-state index is 0.0603. The van der Waals surface area contributed by atoms with Gasteiger partial charge in [-0.2, -0.15) is 5.26 Å². The molecule has 1 aliphatic heterocycles. The maximum atomic E-state index is 12.9. The SMILES string of the molecule is C[C@@H](NC(=O)c1c[nH]c2ncc(C(=N)c3ccc(Cl)cc3NCC(=O)O)nc12)C(=O)N1CC(C#N)C1. The molecule has 1 aliphatic rings. The highest BCUT2D eigenvalue weighted by atomic mass is 35.5. The molecular formula is C23H21ClN8O4. The average Bonchev–Trinajstić information content (AvgIpc) is 3.25. The normalized spacial score (nSPS) is 14.0. The fourth-order valence-electron chi connectivity index (χ4n) is 3.72. The molecule has 3 heterocycles. The van der Waals surface area contributed by atoms with Crippen LogP contribution in [-0.2, 0) is 9.59 Å². The van der Waals surface area contributed by atoms with Gasteiger partial charge in [0.2, 0.25) is 5.91 Å². The second-order valence-electron chi connectivity index (χ2n) is 8.23. The number of amides is 2. The van der Waals surface area contributed by atoms with Gasteiger partial charge in [0, 0.05) is 35.6 Å². The Kier molecular flexibility index (Phi) is 6.84. The molecule has 1 fully saturated rings. The topological polar surface area (TPSA) is 188 Å². The first-order valence-electron chi connectivity index (χ1n) is 10.9. The third-order valence-electron chi connectivity index (χ3n) is 5.66. The second-order valence-corrected chi connectivity index (χ2v) is 8.67. The van der Waals surface area contributed by atoms with E-state index in [9.17, 15) is 14.4 Å². The Morgan fingerprint density at radius 3 is 2.81 bits per heavy atom. The third kappa shape index (κ3) is 4.96. The van der Waals surface area contributed by atoms with E-state index in [0.29, 0.717) is 35.0 Å². The molecule has 12 nitrogen and oxygen atoms in total. The van der Waals surface area contributed by atoms with Crippen LogP contribution in [0.2, 0.25) is 5.02 Å². The second kappa shape index (κ2) is 10.0. The molecule has 184 valence electrons. The maximum absolute atomic E-state index is 12.9. The van der Waals surface area contributed by atoms with Gasteiger partial charge in [0.25, 0.3) is 5.91 Å². The molecule has 0 bridgehead atoms. The number of nitriles is 1. The first kappa shape index (κ1) is 24.6. The molecule has 36 heavy (non-hydrogen) atoms. The summed E-state index contributed by atoms with van der Waals surface area (Å²) in [5.41, 5.74) is 1.43. The van der Waals surface area contributed by atoms with Crippen LogP contribution in [0.15, 0.2) is 30.6 Å². The van der Waals surface area contributed by atoms with Crippen molar-refractivity contribution in [3.63, 3.8) is 0 Å². The molecule has 1 aromatic carbocycles. The molecule has 3 aromatic rings. The minimum atomic E-state index is -1.08. The van der Waals surface area contributed by atoms with E-state index in [4.69, 9.17) is 27.4 Å². The van der Waals surface area contributed by atoms with E-state index in [1.54, 1.807) is 19.1 Å². The number of H-pyrrole nitrogens is 1. The van der Waals surface area contributed by atoms with Gasteiger partial charge in [-0.1, -0.05) is 11.6 Å². The van der Waals surface area contributed by atoms with E-state index in [2.05, 4.69) is 31.7 Å². The van der Waals surface area contributed by atoms with E-state index in [0.717, 1.165) is 0 Å². The summed E-state index contributed by atoms with van der Waals surface area (Å²) in [6.45, 7) is 1.87. The lowest BCUT2D eigenvalue weighted by atomic mass is 10.0. The summed E-state index contributed by atoms with van der Waals surface area (Å²) in [6.07, 6.45) is 2.78. The molecule has 2 amide bonds. The number of anilines is 1. The fourth-order valence-corrected chi connectivity index (χ4v) is 3.90. The Labute approximate surface area is 209 Å². The maximum Gasteiger partial charge on any atom is 0.322 e. The standard InChI is InChI=1S/C23H21ClN8O4/c1-11(23(36)32-9-12(5-25)10-32)30-22(35)15-6-28-21-20(15)31-17(7-29-21)19(26)14-3-2-13(24)4-16(14)27-8-18(33)34/h2-4,6-7,11-12,26-27H,8-10H2,1H3,(H,28,29)(H,30,35)(H,33,34)/t11-/m1/s1. The molecule has 0 aliphatic carbocycles. The summed E-state index contributed by atoms with van der Waals surface area (Å²) in [4.78, 5) is 49.4. The molecule has 1 saturated heterocycles. The number of aromatic nitrogens is 3.